The fourth-order valence-electron chi connectivity index (χ4n) is 0.753. The lowest BCUT2D eigenvalue weighted by molar-refractivity contribution is 0.573. The third kappa shape index (κ3) is 2.36. The van der Waals surface area contributed by atoms with Gasteiger partial charge in [0, 0.05) is 13.0 Å². The Morgan fingerprint density at radius 1 is 1.75 bits per heavy atom. The van der Waals surface area contributed by atoms with Gasteiger partial charge in [0.1, 0.15) is 0 Å². The number of hydrogen-bond acceptors (Lipinski definition) is 3. The van der Waals surface area contributed by atoms with Gasteiger partial charge in [-0.05, 0) is 29.4 Å². The Labute approximate surface area is 79.0 Å². The highest BCUT2D eigenvalue weighted by atomic mass is 35.5. The first-order valence-electron chi connectivity index (χ1n) is 3.41. The lowest BCUT2D eigenvalue weighted by Gasteiger charge is -1.94. The van der Waals surface area contributed by atoms with Gasteiger partial charge < -0.3 is 0 Å². The molecule has 0 bridgehead atoms. The summed E-state index contributed by atoms with van der Waals surface area (Å²) in [6.07, 6.45) is 6.47. The molecule has 1 aromatic heterocycles. The Kier molecular flexibility index (Phi) is 3.32. The Balaban J connectivity index is 2.58. The van der Waals surface area contributed by atoms with Crippen molar-refractivity contribution >= 4 is 22.9 Å². The molecule has 0 aromatic carbocycles. The van der Waals surface area contributed by atoms with E-state index in [1.54, 1.807) is 0 Å². The zero-order valence-electron chi connectivity index (χ0n) is 6.29. The van der Waals surface area contributed by atoms with Crippen molar-refractivity contribution in [2.75, 3.05) is 0 Å². The largest absolute Gasteiger partial charge is 0.326 e. The van der Waals surface area contributed by atoms with E-state index in [0.29, 0.717) is 13.0 Å². The maximum atomic E-state index is 11.0. The van der Waals surface area contributed by atoms with E-state index in [2.05, 4.69) is 11.0 Å². The van der Waals surface area contributed by atoms with Crippen LogP contribution in [0.3, 0.4) is 0 Å². The average Bonchev–Trinajstić information content (AvgIpc) is 2.31. The molecular weight excluding hydrogens is 196 g/mol. The number of aromatic nitrogens is 2. The van der Waals surface area contributed by atoms with Gasteiger partial charge in [-0.1, -0.05) is 0 Å². The van der Waals surface area contributed by atoms with E-state index in [9.17, 15) is 4.79 Å². The summed E-state index contributed by atoms with van der Waals surface area (Å²) in [5.41, 5.74) is 0. The molecule has 0 N–H and O–H groups in total. The number of halogens is 1. The molecule has 0 aliphatic heterocycles. The quantitative estimate of drug-likeness (QED) is 0.548. The third-order valence-electron chi connectivity index (χ3n) is 1.27. The molecule has 0 saturated heterocycles. The number of terminal acetylenes is 1. The number of unbranched alkanes of at least 4 members (excludes halogenated alkanes) is 1. The zero-order valence-corrected chi connectivity index (χ0v) is 7.86. The van der Waals surface area contributed by atoms with Crippen LogP contribution in [0.4, 0.5) is 0 Å². The third-order valence-corrected chi connectivity index (χ3v) is 2.22. The summed E-state index contributed by atoms with van der Waals surface area (Å²) in [5.74, 6) is 2.49. The first-order chi connectivity index (χ1) is 5.74. The van der Waals surface area contributed by atoms with Gasteiger partial charge in [0.2, 0.25) is 4.47 Å². The monoisotopic (exact) mass is 202 g/mol. The van der Waals surface area contributed by atoms with Crippen molar-refractivity contribution in [2.24, 2.45) is 0 Å². The number of hydrogen-bond donors (Lipinski definition) is 0. The van der Waals surface area contributed by atoms with Gasteiger partial charge in [0.25, 0.3) is 0 Å². The van der Waals surface area contributed by atoms with Crippen LogP contribution in [0.5, 0.6) is 0 Å². The van der Waals surface area contributed by atoms with Crippen LogP contribution in [0.15, 0.2) is 4.79 Å². The standard InChI is InChI=1S/C7H7ClN2OS/c1-2-3-4-5-10-7(11)12-6(8)9-10/h1H,3-5H2. The molecule has 0 atom stereocenters. The van der Waals surface area contributed by atoms with Crippen molar-refractivity contribution in [1.82, 2.24) is 9.78 Å². The molecule has 12 heavy (non-hydrogen) atoms. The highest BCUT2D eigenvalue weighted by molar-refractivity contribution is 7.13. The van der Waals surface area contributed by atoms with Crippen LogP contribution in [0.2, 0.25) is 4.47 Å². The lowest BCUT2D eigenvalue weighted by Crippen LogP contribution is -2.14. The number of nitrogens with zero attached hydrogens (tertiary/aromatic N) is 2. The highest BCUT2D eigenvalue weighted by Crippen LogP contribution is 2.05. The van der Waals surface area contributed by atoms with E-state index in [1.807, 2.05) is 0 Å². The molecule has 1 rings (SSSR count). The summed E-state index contributed by atoms with van der Waals surface area (Å²) in [6.45, 7) is 0.548. The smallest absolute Gasteiger partial charge is 0.255 e. The predicted molar refractivity (Wildman–Crippen MR) is 49.5 cm³/mol. The zero-order chi connectivity index (χ0) is 8.97. The molecule has 0 unspecified atom stereocenters. The van der Waals surface area contributed by atoms with Gasteiger partial charge in [-0.3, -0.25) is 4.79 Å². The first-order valence-corrected chi connectivity index (χ1v) is 4.60. The second-order valence-corrected chi connectivity index (χ2v) is 3.67. The summed E-state index contributed by atoms with van der Waals surface area (Å²) >= 11 is 6.46. The molecule has 1 aromatic rings. The maximum absolute atomic E-state index is 11.0. The minimum absolute atomic E-state index is 0.128. The first kappa shape index (κ1) is 9.30. The molecule has 0 fully saturated rings. The van der Waals surface area contributed by atoms with Crippen LogP contribution in [-0.2, 0) is 6.54 Å². The molecule has 3 nitrogen and oxygen atoms in total. The average molecular weight is 203 g/mol. The van der Waals surface area contributed by atoms with Crippen LogP contribution in [0, 0.1) is 12.3 Å². The van der Waals surface area contributed by atoms with Crippen LogP contribution < -0.4 is 4.87 Å². The lowest BCUT2D eigenvalue weighted by atomic mass is 10.3. The van der Waals surface area contributed by atoms with E-state index >= 15 is 0 Å². The Morgan fingerprint density at radius 3 is 3.00 bits per heavy atom. The van der Waals surface area contributed by atoms with Crippen molar-refractivity contribution in [3.05, 3.63) is 14.1 Å². The molecule has 0 spiro atoms. The highest BCUT2D eigenvalue weighted by Gasteiger charge is 2.01. The molecule has 0 radical (unpaired) electrons. The van der Waals surface area contributed by atoms with Crippen molar-refractivity contribution in [3.8, 4) is 12.3 Å². The van der Waals surface area contributed by atoms with Gasteiger partial charge in [0.15, 0.2) is 0 Å². The van der Waals surface area contributed by atoms with E-state index < -0.39 is 0 Å². The Morgan fingerprint density at radius 2 is 2.50 bits per heavy atom. The summed E-state index contributed by atoms with van der Waals surface area (Å²) in [7, 11) is 0. The van der Waals surface area contributed by atoms with Gasteiger partial charge >= 0.3 is 4.87 Å². The summed E-state index contributed by atoms with van der Waals surface area (Å²) in [5, 5.41) is 3.80. The van der Waals surface area contributed by atoms with Gasteiger partial charge in [-0.25, -0.2) is 4.68 Å². The fourth-order valence-corrected chi connectivity index (χ4v) is 1.56. The van der Waals surface area contributed by atoms with Gasteiger partial charge in [0.05, 0.1) is 0 Å². The van der Waals surface area contributed by atoms with E-state index in [1.165, 1.54) is 4.68 Å². The van der Waals surface area contributed by atoms with Crippen LogP contribution >= 0.6 is 22.9 Å². The van der Waals surface area contributed by atoms with E-state index in [-0.39, 0.29) is 9.34 Å². The molecular formula is C7H7ClN2OS. The summed E-state index contributed by atoms with van der Waals surface area (Å²) in [4.78, 5) is 10.9. The van der Waals surface area contributed by atoms with Crippen molar-refractivity contribution < 1.29 is 0 Å². The van der Waals surface area contributed by atoms with Gasteiger partial charge in [-0.2, -0.15) is 0 Å². The van der Waals surface area contributed by atoms with Crippen LogP contribution in [0.25, 0.3) is 0 Å². The normalized spacial score (nSPS) is 9.67. The predicted octanol–water partition coefficient (Wildman–Crippen LogP) is 1.37. The molecule has 0 amide bonds. The fraction of sp³-hybridized carbons (Fsp3) is 0.429. The van der Waals surface area contributed by atoms with Crippen LogP contribution in [-0.4, -0.2) is 9.78 Å². The maximum Gasteiger partial charge on any atom is 0.326 e. The molecule has 0 aliphatic carbocycles. The van der Waals surface area contributed by atoms with Crippen LogP contribution in [0.1, 0.15) is 12.8 Å². The van der Waals surface area contributed by atoms with Crippen molar-refractivity contribution in [2.45, 2.75) is 19.4 Å². The Hall–Kier alpha value is -0.790. The minimum Gasteiger partial charge on any atom is -0.255 e. The molecule has 5 heteroatoms. The molecule has 0 saturated carbocycles. The van der Waals surface area contributed by atoms with Gasteiger partial charge in [-0.15, -0.1) is 17.4 Å². The van der Waals surface area contributed by atoms with E-state index in [4.69, 9.17) is 18.0 Å². The second-order valence-electron chi connectivity index (χ2n) is 2.15. The van der Waals surface area contributed by atoms with Crippen molar-refractivity contribution in [3.63, 3.8) is 0 Å². The Bertz CT molecular complexity index is 349. The molecule has 0 aliphatic rings. The minimum atomic E-state index is -0.128. The topological polar surface area (TPSA) is 34.9 Å². The summed E-state index contributed by atoms with van der Waals surface area (Å²) in [6, 6.07) is 0. The SMILES string of the molecule is C#CCCCn1nc(Cl)sc1=O. The summed E-state index contributed by atoms with van der Waals surface area (Å²) < 4.78 is 1.62. The molecule has 1 heterocycles. The second kappa shape index (κ2) is 4.29. The number of aryl methyl sites for hydroxylation is 1. The number of rotatable bonds is 3. The molecule has 64 valence electrons. The van der Waals surface area contributed by atoms with Crippen molar-refractivity contribution in [1.29, 1.82) is 0 Å². The van der Waals surface area contributed by atoms with E-state index in [0.717, 1.165) is 17.8 Å².